The summed E-state index contributed by atoms with van der Waals surface area (Å²) in [4.78, 5) is 22.2. The topological polar surface area (TPSA) is 43.4 Å². The van der Waals surface area contributed by atoms with Gasteiger partial charge in [0.15, 0.2) is 0 Å². The molecule has 1 rings (SSSR count). The monoisotopic (exact) mass is 184 g/mol. The van der Waals surface area contributed by atoms with Gasteiger partial charge in [0.1, 0.15) is 12.1 Å². The average Bonchev–Trinajstić information content (AvgIpc) is 2.11. The lowest BCUT2D eigenvalue weighted by Gasteiger charge is -2.40. The SMILES string of the molecule is CO[C@@H]1CC(=O)C[C@H](C)[C@@]1(C)C=O. The van der Waals surface area contributed by atoms with Gasteiger partial charge in [0, 0.05) is 20.0 Å². The molecule has 0 aromatic rings. The molecule has 13 heavy (non-hydrogen) atoms. The Balaban J connectivity index is 2.90. The molecule has 1 fully saturated rings. The van der Waals surface area contributed by atoms with Crippen LogP contribution in [0, 0.1) is 11.3 Å². The van der Waals surface area contributed by atoms with Crippen molar-refractivity contribution in [3.8, 4) is 0 Å². The normalized spacial score (nSPS) is 40.4. The Morgan fingerprint density at radius 3 is 2.62 bits per heavy atom. The van der Waals surface area contributed by atoms with Crippen molar-refractivity contribution in [3.05, 3.63) is 0 Å². The minimum absolute atomic E-state index is 0.0798. The van der Waals surface area contributed by atoms with Gasteiger partial charge in [-0.25, -0.2) is 0 Å². The van der Waals surface area contributed by atoms with Crippen LogP contribution in [-0.2, 0) is 14.3 Å². The van der Waals surface area contributed by atoms with E-state index in [-0.39, 0.29) is 17.8 Å². The molecular formula is C10H16O3. The summed E-state index contributed by atoms with van der Waals surface area (Å²) in [6.45, 7) is 3.79. The molecule has 0 aromatic carbocycles. The van der Waals surface area contributed by atoms with Crippen molar-refractivity contribution < 1.29 is 14.3 Å². The molecule has 1 saturated carbocycles. The van der Waals surface area contributed by atoms with Crippen LogP contribution in [0.15, 0.2) is 0 Å². The van der Waals surface area contributed by atoms with E-state index < -0.39 is 5.41 Å². The van der Waals surface area contributed by atoms with Gasteiger partial charge in [-0.05, 0) is 5.92 Å². The first-order chi connectivity index (χ1) is 6.04. The van der Waals surface area contributed by atoms with Crippen LogP contribution in [-0.4, -0.2) is 25.3 Å². The third-order valence-corrected chi connectivity index (χ3v) is 3.24. The van der Waals surface area contributed by atoms with Crippen LogP contribution in [0.25, 0.3) is 0 Å². The predicted octanol–water partition coefficient (Wildman–Crippen LogP) is 1.21. The molecule has 0 spiro atoms. The van der Waals surface area contributed by atoms with Crippen LogP contribution >= 0.6 is 0 Å². The Labute approximate surface area is 78.5 Å². The molecule has 0 unspecified atom stereocenters. The molecule has 0 amide bonds. The lowest BCUT2D eigenvalue weighted by molar-refractivity contribution is -0.142. The Morgan fingerprint density at radius 1 is 1.54 bits per heavy atom. The Hall–Kier alpha value is -0.700. The van der Waals surface area contributed by atoms with E-state index in [4.69, 9.17) is 4.74 Å². The third kappa shape index (κ3) is 1.66. The number of carbonyl (C=O) groups is 2. The van der Waals surface area contributed by atoms with E-state index >= 15 is 0 Å². The zero-order valence-electron chi connectivity index (χ0n) is 8.37. The highest BCUT2D eigenvalue weighted by atomic mass is 16.5. The highest BCUT2D eigenvalue weighted by molar-refractivity contribution is 5.82. The summed E-state index contributed by atoms with van der Waals surface area (Å²) in [7, 11) is 1.55. The van der Waals surface area contributed by atoms with Gasteiger partial charge in [-0.3, -0.25) is 4.79 Å². The summed E-state index contributed by atoms with van der Waals surface area (Å²) in [5, 5.41) is 0. The Morgan fingerprint density at radius 2 is 2.15 bits per heavy atom. The van der Waals surface area contributed by atoms with Gasteiger partial charge in [0.25, 0.3) is 0 Å². The lowest BCUT2D eigenvalue weighted by Crippen LogP contribution is -2.46. The summed E-state index contributed by atoms with van der Waals surface area (Å²) in [6.07, 6.45) is 1.55. The quantitative estimate of drug-likeness (QED) is 0.606. The predicted molar refractivity (Wildman–Crippen MR) is 48.4 cm³/mol. The molecule has 0 N–H and O–H groups in total. The number of hydrogen-bond acceptors (Lipinski definition) is 3. The van der Waals surface area contributed by atoms with Crippen LogP contribution in [0.3, 0.4) is 0 Å². The van der Waals surface area contributed by atoms with Crippen molar-refractivity contribution in [2.45, 2.75) is 32.8 Å². The van der Waals surface area contributed by atoms with Crippen LogP contribution in [0.2, 0.25) is 0 Å². The smallest absolute Gasteiger partial charge is 0.135 e. The largest absolute Gasteiger partial charge is 0.380 e. The minimum Gasteiger partial charge on any atom is -0.380 e. The third-order valence-electron chi connectivity index (χ3n) is 3.24. The van der Waals surface area contributed by atoms with Gasteiger partial charge < -0.3 is 9.53 Å². The second-order valence-electron chi connectivity index (χ2n) is 4.06. The van der Waals surface area contributed by atoms with E-state index in [1.54, 1.807) is 7.11 Å². The van der Waals surface area contributed by atoms with E-state index in [0.29, 0.717) is 12.8 Å². The molecule has 74 valence electrons. The zero-order valence-corrected chi connectivity index (χ0v) is 8.37. The van der Waals surface area contributed by atoms with Crippen molar-refractivity contribution in [1.82, 2.24) is 0 Å². The summed E-state index contributed by atoms with van der Waals surface area (Å²) in [5.41, 5.74) is -0.497. The number of carbonyl (C=O) groups excluding carboxylic acids is 2. The van der Waals surface area contributed by atoms with Gasteiger partial charge in [-0.2, -0.15) is 0 Å². The van der Waals surface area contributed by atoms with Gasteiger partial charge in [-0.1, -0.05) is 13.8 Å². The van der Waals surface area contributed by atoms with E-state index in [9.17, 15) is 9.59 Å². The fourth-order valence-corrected chi connectivity index (χ4v) is 1.92. The van der Waals surface area contributed by atoms with Crippen LogP contribution in [0.1, 0.15) is 26.7 Å². The molecule has 0 aliphatic heterocycles. The first-order valence-corrected chi connectivity index (χ1v) is 4.55. The summed E-state index contributed by atoms with van der Waals surface area (Å²) in [6, 6.07) is 0. The first-order valence-electron chi connectivity index (χ1n) is 4.55. The fraction of sp³-hybridized carbons (Fsp3) is 0.800. The molecule has 0 bridgehead atoms. The fourth-order valence-electron chi connectivity index (χ4n) is 1.92. The summed E-state index contributed by atoms with van der Waals surface area (Å²) >= 11 is 0. The van der Waals surface area contributed by atoms with Crippen molar-refractivity contribution in [2.75, 3.05) is 7.11 Å². The molecule has 0 aromatic heterocycles. The van der Waals surface area contributed by atoms with Crippen molar-refractivity contribution in [1.29, 1.82) is 0 Å². The maximum atomic E-state index is 11.3. The number of ketones is 1. The molecule has 1 aliphatic carbocycles. The van der Waals surface area contributed by atoms with Crippen molar-refractivity contribution in [3.63, 3.8) is 0 Å². The van der Waals surface area contributed by atoms with Crippen molar-refractivity contribution >= 4 is 12.1 Å². The number of rotatable bonds is 2. The van der Waals surface area contributed by atoms with E-state index in [2.05, 4.69) is 0 Å². The second-order valence-corrected chi connectivity index (χ2v) is 4.06. The van der Waals surface area contributed by atoms with Gasteiger partial charge in [0.05, 0.1) is 11.5 Å². The minimum atomic E-state index is -0.497. The van der Waals surface area contributed by atoms with E-state index in [1.165, 1.54) is 0 Å². The number of aldehydes is 1. The molecule has 1 aliphatic rings. The van der Waals surface area contributed by atoms with Crippen LogP contribution < -0.4 is 0 Å². The van der Waals surface area contributed by atoms with Gasteiger partial charge >= 0.3 is 0 Å². The molecule has 3 nitrogen and oxygen atoms in total. The lowest BCUT2D eigenvalue weighted by atomic mass is 9.67. The molecular weight excluding hydrogens is 168 g/mol. The maximum absolute atomic E-state index is 11.3. The van der Waals surface area contributed by atoms with Crippen LogP contribution in [0.5, 0.6) is 0 Å². The molecule has 3 heteroatoms. The van der Waals surface area contributed by atoms with E-state index in [1.807, 2.05) is 13.8 Å². The van der Waals surface area contributed by atoms with Crippen LogP contribution in [0.4, 0.5) is 0 Å². The number of methoxy groups -OCH3 is 1. The highest BCUT2D eigenvalue weighted by Crippen LogP contribution is 2.39. The second kappa shape index (κ2) is 3.58. The maximum Gasteiger partial charge on any atom is 0.135 e. The number of ether oxygens (including phenoxy) is 1. The van der Waals surface area contributed by atoms with Crippen molar-refractivity contribution in [2.24, 2.45) is 11.3 Å². The standard InChI is InChI=1S/C10H16O3/c1-7-4-8(12)5-9(13-3)10(7,2)6-11/h6-7,9H,4-5H2,1-3H3/t7-,9+,10+/m0/s1. The highest BCUT2D eigenvalue weighted by Gasteiger charge is 2.44. The molecule has 0 saturated heterocycles. The Kier molecular flexibility index (Phi) is 2.86. The summed E-state index contributed by atoms with van der Waals surface area (Å²) < 4.78 is 5.19. The number of Topliss-reactive ketones (excluding diaryl/α,β-unsaturated/α-hetero) is 1. The first kappa shape index (κ1) is 10.4. The molecule has 0 heterocycles. The molecule has 3 atom stereocenters. The van der Waals surface area contributed by atoms with E-state index in [0.717, 1.165) is 6.29 Å². The Bertz CT molecular complexity index is 224. The van der Waals surface area contributed by atoms with Gasteiger partial charge in [0.2, 0.25) is 0 Å². The molecule has 0 radical (unpaired) electrons. The average molecular weight is 184 g/mol. The van der Waals surface area contributed by atoms with Gasteiger partial charge in [-0.15, -0.1) is 0 Å². The number of hydrogen-bond donors (Lipinski definition) is 0. The zero-order chi connectivity index (χ0) is 10.1. The summed E-state index contributed by atoms with van der Waals surface area (Å²) in [5.74, 6) is 0.273.